The molecule has 0 heterocycles. The van der Waals surface area contributed by atoms with Crippen molar-refractivity contribution in [2.75, 3.05) is 67.7 Å². The summed E-state index contributed by atoms with van der Waals surface area (Å²) in [7, 11) is 1.40. The molecule has 0 radical (unpaired) electrons. The van der Waals surface area contributed by atoms with Crippen LogP contribution in [-0.2, 0) is 42.9 Å². The fraction of sp³-hybridized carbons (Fsp3) is 0.480. The minimum Gasteiger partial charge on any atom is -0.461 e. The Morgan fingerprint density at radius 3 is 1.30 bits per heavy atom. The van der Waals surface area contributed by atoms with E-state index in [4.69, 9.17) is 77.0 Å². The van der Waals surface area contributed by atoms with Gasteiger partial charge >= 0.3 is 23.9 Å². The number of amides is 3. The monoisotopic (exact) mass is 1100 g/mol. The van der Waals surface area contributed by atoms with Crippen LogP contribution < -0.4 is 15.5 Å². The topological polar surface area (TPSA) is 184 Å². The maximum absolute atomic E-state index is 13.6. The number of nitrogens with one attached hydrogen (secondary N) is 2. The summed E-state index contributed by atoms with van der Waals surface area (Å²) in [5, 5.41) is 5.14. The second-order valence-electron chi connectivity index (χ2n) is 8.67. The molecule has 1 rings (SSSR count). The van der Waals surface area contributed by atoms with Gasteiger partial charge < -0.3 is 34.5 Å². The number of hydrogen-bond donors (Lipinski definition) is 2. The summed E-state index contributed by atoms with van der Waals surface area (Å²) in [5.74, 6) is -7.70. The molecule has 0 fully saturated rings. The first-order chi connectivity index (χ1) is 22.2. The standard InChI is InChI=1S/C25H25Cl5I3N3O11/c1-36(13(37)2-26)23-21(32)18(24(42)34-7-11(46-16(40)5-29)9-44-14(38)3-27)20(31)19(22(23)33)25(43)35-8-12(47-17(41)6-30)10-45-15(39)4-28/h11-12H,2-10H2,1H3,(H,34,42)(H,35,43). The molecule has 0 saturated carbocycles. The summed E-state index contributed by atoms with van der Waals surface area (Å²) in [6, 6.07) is 0. The first-order valence-electron chi connectivity index (χ1n) is 12.7. The lowest BCUT2D eigenvalue weighted by Gasteiger charge is -2.25. The van der Waals surface area contributed by atoms with Gasteiger partial charge in [0.25, 0.3) is 11.8 Å². The highest BCUT2D eigenvalue weighted by Gasteiger charge is 2.32. The number of halogens is 8. The number of nitrogens with zero attached hydrogens (tertiary/aromatic N) is 1. The zero-order valence-corrected chi connectivity index (χ0v) is 34.2. The first-order valence-corrected chi connectivity index (χ1v) is 18.6. The van der Waals surface area contributed by atoms with Gasteiger partial charge in [-0.05, 0) is 67.8 Å². The van der Waals surface area contributed by atoms with E-state index in [0.717, 1.165) is 0 Å². The normalized spacial score (nSPS) is 11.9. The van der Waals surface area contributed by atoms with Crippen LogP contribution in [0.3, 0.4) is 0 Å². The van der Waals surface area contributed by atoms with Crippen molar-refractivity contribution in [2.45, 2.75) is 12.2 Å². The number of ether oxygens (including phenoxy) is 4. The van der Waals surface area contributed by atoms with Gasteiger partial charge in [0.2, 0.25) is 5.91 Å². The lowest BCUT2D eigenvalue weighted by Crippen LogP contribution is -2.41. The van der Waals surface area contributed by atoms with Crippen molar-refractivity contribution in [3.8, 4) is 0 Å². The Balaban J connectivity index is 3.53. The molecule has 0 aliphatic rings. The van der Waals surface area contributed by atoms with Gasteiger partial charge in [0.05, 0.1) is 37.0 Å². The van der Waals surface area contributed by atoms with E-state index in [0.29, 0.717) is 0 Å². The Bertz CT molecular complexity index is 1270. The van der Waals surface area contributed by atoms with Gasteiger partial charge in [0.1, 0.15) is 42.6 Å². The second kappa shape index (κ2) is 22.8. The van der Waals surface area contributed by atoms with Crippen molar-refractivity contribution < 1.29 is 52.5 Å². The van der Waals surface area contributed by atoms with Gasteiger partial charge in [0, 0.05) is 10.6 Å². The van der Waals surface area contributed by atoms with Crippen molar-refractivity contribution in [3.63, 3.8) is 0 Å². The van der Waals surface area contributed by atoms with Gasteiger partial charge in [0.15, 0.2) is 12.2 Å². The maximum atomic E-state index is 13.6. The van der Waals surface area contributed by atoms with Crippen LogP contribution in [0.5, 0.6) is 0 Å². The average molecular weight is 1100 g/mol. The molecule has 2 N–H and O–H groups in total. The molecule has 1 aromatic rings. The Morgan fingerprint density at radius 1 is 0.617 bits per heavy atom. The van der Waals surface area contributed by atoms with Gasteiger partial charge in [-0.25, -0.2) is 0 Å². The molecule has 2 atom stereocenters. The maximum Gasteiger partial charge on any atom is 0.321 e. The van der Waals surface area contributed by atoms with Crippen LogP contribution in [0, 0.1) is 10.7 Å². The first kappa shape index (κ1) is 44.2. The Hall–Kier alpha value is -0.850. The third kappa shape index (κ3) is 14.1. The molecule has 0 aliphatic carbocycles. The molecule has 3 amide bonds. The van der Waals surface area contributed by atoms with Crippen LogP contribution in [0.4, 0.5) is 5.69 Å². The second-order valence-corrected chi connectivity index (χ2v) is 13.2. The number of alkyl halides is 5. The number of esters is 4. The summed E-state index contributed by atoms with van der Waals surface area (Å²) in [4.78, 5) is 87.7. The fourth-order valence-corrected chi connectivity index (χ4v) is 8.63. The molecule has 14 nitrogen and oxygen atoms in total. The molecule has 0 aromatic heterocycles. The summed E-state index contributed by atoms with van der Waals surface area (Å²) < 4.78 is 20.8. The predicted octanol–water partition coefficient (Wildman–Crippen LogP) is 3.03. The molecule has 262 valence electrons. The Kier molecular flexibility index (Phi) is 21.4. The fourth-order valence-electron chi connectivity index (χ4n) is 3.30. The molecular formula is C25H25Cl5I3N3O11. The molecule has 22 heteroatoms. The molecule has 0 spiro atoms. The Morgan fingerprint density at radius 2 is 0.979 bits per heavy atom. The van der Waals surface area contributed by atoms with Crippen molar-refractivity contribution >= 4 is 173 Å². The molecular weight excluding hydrogens is 1080 g/mol. The summed E-state index contributed by atoms with van der Waals surface area (Å²) in [5.41, 5.74) is 0.0968. The van der Waals surface area contributed by atoms with E-state index in [-0.39, 0.29) is 40.6 Å². The summed E-state index contributed by atoms with van der Waals surface area (Å²) in [6.45, 7) is -1.60. The minimum absolute atomic E-state index is 0.0395. The number of carbonyl (C=O) groups excluding carboxylic acids is 7. The van der Waals surface area contributed by atoms with E-state index in [1.165, 1.54) is 11.9 Å². The minimum atomic E-state index is -1.15. The van der Waals surface area contributed by atoms with E-state index in [1.807, 2.05) is 45.2 Å². The highest BCUT2D eigenvalue weighted by atomic mass is 127. The van der Waals surface area contributed by atoms with Crippen LogP contribution >= 0.6 is 126 Å². The van der Waals surface area contributed by atoms with E-state index < -0.39 is 96.4 Å². The van der Waals surface area contributed by atoms with E-state index in [2.05, 4.69) is 10.6 Å². The van der Waals surface area contributed by atoms with E-state index in [1.54, 1.807) is 22.6 Å². The SMILES string of the molecule is CN(C(=O)CCl)c1c(I)c(C(=O)NCC(COC(=O)CCl)OC(=O)CCl)c(I)c(C(=O)NCC(COC(=O)CCl)OC(=O)CCl)c1I. The molecule has 0 bridgehead atoms. The van der Waals surface area contributed by atoms with Crippen molar-refractivity contribution in [1.82, 2.24) is 10.6 Å². The van der Waals surface area contributed by atoms with Gasteiger partial charge in [-0.1, -0.05) is 0 Å². The molecule has 0 saturated heterocycles. The van der Waals surface area contributed by atoms with Gasteiger partial charge in [-0.2, -0.15) is 0 Å². The number of benzene rings is 1. The highest BCUT2D eigenvalue weighted by molar-refractivity contribution is 14.1. The largest absolute Gasteiger partial charge is 0.461 e. The van der Waals surface area contributed by atoms with Crippen molar-refractivity contribution in [3.05, 3.63) is 21.8 Å². The van der Waals surface area contributed by atoms with Crippen molar-refractivity contribution in [2.24, 2.45) is 0 Å². The smallest absolute Gasteiger partial charge is 0.321 e. The van der Waals surface area contributed by atoms with Crippen LogP contribution in [0.25, 0.3) is 0 Å². The zero-order valence-electron chi connectivity index (χ0n) is 24.0. The lowest BCUT2D eigenvalue weighted by molar-refractivity contribution is -0.155. The highest BCUT2D eigenvalue weighted by Crippen LogP contribution is 2.37. The molecule has 0 aliphatic heterocycles. The van der Waals surface area contributed by atoms with Gasteiger partial charge in [-0.3, -0.25) is 33.6 Å². The van der Waals surface area contributed by atoms with Crippen LogP contribution in [-0.4, -0.2) is 117 Å². The third-order valence-electron chi connectivity index (χ3n) is 5.45. The quantitative estimate of drug-likeness (QED) is 0.0955. The summed E-state index contributed by atoms with van der Waals surface area (Å²) >= 11 is 33.2. The number of hydrogen-bond acceptors (Lipinski definition) is 11. The van der Waals surface area contributed by atoms with Crippen LogP contribution in [0.1, 0.15) is 20.7 Å². The van der Waals surface area contributed by atoms with Crippen molar-refractivity contribution in [1.29, 1.82) is 0 Å². The van der Waals surface area contributed by atoms with E-state index in [9.17, 15) is 33.6 Å². The van der Waals surface area contributed by atoms with Crippen LogP contribution in [0.15, 0.2) is 0 Å². The lowest BCUT2D eigenvalue weighted by atomic mass is 10.1. The molecule has 2 unspecified atom stereocenters. The average Bonchev–Trinajstić information content (AvgIpc) is 3.05. The van der Waals surface area contributed by atoms with Crippen LogP contribution in [0.2, 0.25) is 0 Å². The van der Waals surface area contributed by atoms with Gasteiger partial charge in [-0.15, -0.1) is 58.0 Å². The third-order valence-corrected chi connectivity index (χ3v) is 9.73. The molecule has 47 heavy (non-hydrogen) atoms. The zero-order chi connectivity index (χ0) is 35.8. The number of rotatable bonds is 18. The molecule has 1 aromatic carbocycles. The number of carbonyl (C=O) groups is 7. The number of anilines is 1. The predicted molar refractivity (Wildman–Crippen MR) is 198 cm³/mol. The Labute approximate surface area is 334 Å². The van der Waals surface area contributed by atoms with E-state index >= 15 is 0 Å². The summed E-state index contributed by atoms with van der Waals surface area (Å²) in [6.07, 6.45) is -2.31.